The predicted molar refractivity (Wildman–Crippen MR) is 114 cm³/mol. The van der Waals surface area contributed by atoms with Gasteiger partial charge in [0.15, 0.2) is 0 Å². The summed E-state index contributed by atoms with van der Waals surface area (Å²) in [6, 6.07) is 7.46. The number of hydrogen-bond donors (Lipinski definition) is 1. The van der Waals surface area contributed by atoms with Gasteiger partial charge in [-0.15, -0.1) is 0 Å². The molecule has 2 amide bonds. The number of nitrogens with zero attached hydrogens (tertiary/aromatic N) is 4. The number of hydrogen-bond acceptors (Lipinski definition) is 5. The van der Waals surface area contributed by atoms with Gasteiger partial charge in [-0.2, -0.15) is 0 Å². The lowest BCUT2D eigenvalue weighted by Gasteiger charge is -2.40. The molecule has 1 fully saturated rings. The minimum absolute atomic E-state index is 0.0522. The van der Waals surface area contributed by atoms with Crippen LogP contribution in [0.2, 0.25) is 0 Å². The second-order valence-electron chi connectivity index (χ2n) is 8.13. The van der Waals surface area contributed by atoms with Gasteiger partial charge in [-0.3, -0.25) is 0 Å². The highest BCUT2D eigenvalue weighted by atomic mass is 16.5. The molecule has 2 aliphatic rings. The Hall–Kier alpha value is -2.83. The summed E-state index contributed by atoms with van der Waals surface area (Å²) < 4.78 is 5.47. The number of piperidine rings is 1. The zero-order chi connectivity index (χ0) is 20.4. The number of amides is 2. The highest BCUT2D eigenvalue weighted by Crippen LogP contribution is 2.44. The normalized spacial score (nSPS) is 20.4. The van der Waals surface area contributed by atoms with E-state index in [0.29, 0.717) is 13.2 Å². The fourth-order valence-electron chi connectivity index (χ4n) is 4.45. The first kappa shape index (κ1) is 19.5. The van der Waals surface area contributed by atoms with Crippen LogP contribution < -0.4 is 15.0 Å². The number of benzene rings is 1. The van der Waals surface area contributed by atoms with Crippen LogP contribution in [0.4, 0.5) is 16.4 Å². The van der Waals surface area contributed by atoms with Crippen molar-refractivity contribution in [3.63, 3.8) is 0 Å². The van der Waals surface area contributed by atoms with Crippen molar-refractivity contribution in [2.45, 2.75) is 38.0 Å². The van der Waals surface area contributed by atoms with Crippen LogP contribution in [0.15, 0.2) is 30.5 Å². The molecule has 4 rings (SSSR count). The van der Waals surface area contributed by atoms with Gasteiger partial charge in [-0.05, 0) is 62.4 Å². The van der Waals surface area contributed by atoms with Crippen LogP contribution in [-0.2, 0) is 11.8 Å². The molecule has 2 heterocycles. The molecular formula is C22H29N5O2. The van der Waals surface area contributed by atoms with E-state index in [2.05, 4.69) is 10.3 Å². The summed E-state index contributed by atoms with van der Waals surface area (Å²) in [5.74, 6) is 1.54. The Labute approximate surface area is 172 Å². The lowest BCUT2D eigenvalue weighted by molar-refractivity contribution is 0.157. The second-order valence-corrected chi connectivity index (χ2v) is 8.13. The Bertz CT molecular complexity index is 879. The number of rotatable bonds is 4. The van der Waals surface area contributed by atoms with Gasteiger partial charge in [0.25, 0.3) is 0 Å². The Morgan fingerprint density at radius 2 is 2.07 bits per heavy atom. The van der Waals surface area contributed by atoms with Gasteiger partial charge >= 0.3 is 6.03 Å². The van der Waals surface area contributed by atoms with Crippen LogP contribution in [0.25, 0.3) is 0 Å². The number of aryl methyl sites for hydroxylation is 1. The average Bonchev–Trinajstić information content (AvgIpc) is 3.07. The third-order valence-corrected chi connectivity index (χ3v) is 5.91. The van der Waals surface area contributed by atoms with E-state index in [0.717, 1.165) is 55.3 Å². The van der Waals surface area contributed by atoms with Gasteiger partial charge in [0.2, 0.25) is 5.95 Å². The molecule has 29 heavy (non-hydrogen) atoms. The van der Waals surface area contributed by atoms with E-state index in [4.69, 9.17) is 9.72 Å². The van der Waals surface area contributed by atoms with Crippen molar-refractivity contribution in [1.82, 2.24) is 14.9 Å². The van der Waals surface area contributed by atoms with Crippen LogP contribution in [0.5, 0.6) is 5.75 Å². The summed E-state index contributed by atoms with van der Waals surface area (Å²) in [4.78, 5) is 26.2. The van der Waals surface area contributed by atoms with Crippen LogP contribution in [0.1, 0.15) is 37.4 Å². The quantitative estimate of drug-likeness (QED) is 0.859. The smallest absolute Gasteiger partial charge is 0.321 e. The minimum Gasteiger partial charge on any atom is -0.494 e. The monoisotopic (exact) mass is 395 g/mol. The molecule has 1 aromatic heterocycles. The Kier molecular flexibility index (Phi) is 5.30. The maximum atomic E-state index is 12.9. The molecule has 1 unspecified atom stereocenters. The molecule has 2 aromatic rings. The van der Waals surface area contributed by atoms with Gasteiger partial charge in [-0.25, -0.2) is 14.8 Å². The van der Waals surface area contributed by atoms with Crippen LogP contribution in [0.3, 0.4) is 0 Å². The largest absolute Gasteiger partial charge is 0.494 e. The lowest BCUT2D eigenvalue weighted by atomic mass is 9.77. The maximum Gasteiger partial charge on any atom is 0.321 e. The first-order valence-corrected chi connectivity index (χ1v) is 10.3. The van der Waals surface area contributed by atoms with Crippen molar-refractivity contribution < 1.29 is 9.53 Å². The average molecular weight is 396 g/mol. The predicted octanol–water partition coefficient (Wildman–Crippen LogP) is 3.45. The summed E-state index contributed by atoms with van der Waals surface area (Å²) in [6.07, 6.45) is 6.03. The van der Waals surface area contributed by atoms with Crippen LogP contribution in [0, 0.1) is 0 Å². The summed E-state index contributed by atoms with van der Waals surface area (Å²) in [6.45, 7) is 4.05. The molecule has 0 saturated carbocycles. The van der Waals surface area contributed by atoms with E-state index in [1.807, 2.05) is 61.3 Å². The fourth-order valence-corrected chi connectivity index (χ4v) is 4.45. The molecule has 154 valence electrons. The van der Waals surface area contributed by atoms with Crippen LogP contribution >= 0.6 is 0 Å². The van der Waals surface area contributed by atoms with E-state index in [-0.39, 0.29) is 11.4 Å². The number of anilines is 2. The highest BCUT2D eigenvalue weighted by Gasteiger charge is 2.44. The van der Waals surface area contributed by atoms with Crippen molar-refractivity contribution in [2.75, 3.05) is 44.0 Å². The molecule has 1 aliphatic carbocycles. The summed E-state index contributed by atoms with van der Waals surface area (Å²) in [5.41, 5.74) is 3.08. The van der Waals surface area contributed by atoms with E-state index in [1.54, 1.807) is 0 Å². The number of ether oxygens (including phenoxy) is 1. The lowest BCUT2D eigenvalue weighted by Crippen LogP contribution is -2.49. The first-order valence-electron chi connectivity index (χ1n) is 10.3. The van der Waals surface area contributed by atoms with Crippen molar-refractivity contribution >= 4 is 17.7 Å². The zero-order valence-corrected chi connectivity index (χ0v) is 17.4. The first-order chi connectivity index (χ1) is 14.0. The zero-order valence-electron chi connectivity index (χ0n) is 17.4. The third-order valence-electron chi connectivity index (χ3n) is 5.91. The summed E-state index contributed by atoms with van der Waals surface area (Å²) >= 11 is 0. The SMILES string of the molecule is CCOc1ccc(NC(=O)N2CCCC3(CCc4cnc(N(C)C)nc43)C2)cc1. The number of likely N-dealkylation sites (tertiary alicyclic amines) is 1. The van der Waals surface area contributed by atoms with Crippen molar-refractivity contribution in [3.8, 4) is 5.75 Å². The van der Waals surface area contributed by atoms with Crippen molar-refractivity contribution in [2.24, 2.45) is 0 Å². The van der Waals surface area contributed by atoms with E-state index in [1.165, 1.54) is 5.56 Å². The number of carbonyl (C=O) groups is 1. The highest BCUT2D eigenvalue weighted by molar-refractivity contribution is 5.89. The molecule has 7 heteroatoms. The van der Waals surface area contributed by atoms with E-state index < -0.39 is 0 Å². The molecule has 1 N–H and O–H groups in total. The molecule has 1 aromatic carbocycles. The molecular weight excluding hydrogens is 366 g/mol. The van der Waals surface area contributed by atoms with Crippen LogP contribution in [-0.4, -0.2) is 54.7 Å². The molecule has 1 spiro atoms. The Morgan fingerprint density at radius 1 is 1.28 bits per heavy atom. The molecule has 0 bridgehead atoms. The molecule has 1 aliphatic heterocycles. The number of nitrogens with one attached hydrogen (secondary N) is 1. The number of fused-ring (bicyclic) bond motifs is 2. The topological polar surface area (TPSA) is 70.6 Å². The van der Waals surface area contributed by atoms with Gasteiger partial charge in [0.1, 0.15) is 5.75 Å². The van der Waals surface area contributed by atoms with Gasteiger partial charge in [0, 0.05) is 44.5 Å². The third kappa shape index (κ3) is 3.86. The second kappa shape index (κ2) is 7.89. The maximum absolute atomic E-state index is 12.9. The number of urea groups is 1. The Morgan fingerprint density at radius 3 is 2.79 bits per heavy atom. The van der Waals surface area contributed by atoms with E-state index in [9.17, 15) is 4.79 Å². The van der Waals surface area contributed by atoms with Crippen molar-refractivity contribution in [1.29, 1.82) is 0 Å². The molecule has 1 atom stereocenters. The number of aromatic nitrogens is 2. The van der Waals surface area contributed by atoms with Gasteiger partial charge < -0.3 is 19.9 Å². The fraction of sp³-hybridized carbons (Fsp3) is 0.500. The minimum atomic E-state index is -0.0581. The summed E-state index contributed by atoms with van der Waals surface area (Å²) in [5, 5.41) is 3.03. The molecule has 0 radical (unpaired) electrons. The Balaban J connectivity index is 1.49. The molecule has 7 nitrogen and oxygen atoms in total. The summed E-state index contributed by atoms with van der Waals surface area (Å²) in [7, 11) is 3.92. The van der Waals surface area contributed by atoms with Crippen molar-refractivity contribution in [3.05, 3.63) is 41.7 Å². The van der Waals surface area contributed by atoms with E-state index >= 15 is 0 Å². The molecule has 1 saturated heterocycles. The standard InChI is InChI=1S/C22H29N5O2/c1-4-29-18-8-6-17(7-9-18)24-21(28)27-13-5-11-22(15-27)12-10-16-14-23-20(26(2)3)25-19(16)22/h6-9,14H,4-5,10-13,15H2,1-3H3,(H,24,28). The number of carbonyl (C=O) groups excluding carboxylic acids is 1. The van der Waals surface area contributed by atoms with Gasteiger partial charge in [0.05, 0.1) is 12.3 Å². The van der Waals surface area contributed by atoms with Gasteiger partial charge in [-0.1, -0.05) is 0 Å².